The highest BCUT2D eigenvalue weighted by Gasteiger charge is 2.30. The highest BCUT2D eigenvalue weighted by molar-refractivity contribution is 14.1. The SMILES string of the molecule is C[Si](C)(C)CCOCN(COCC[Si](C)(C)C)c1cc(C2=C[C@@H]3CC[C@H](C2)C3)nc2c(I)cnn12. The van der Waals surface area contributed by atoms with E-state index in [1.54, 1.807) is 0 Å². The summed E-state index contributed by atoms with van der Waals surface area (Å²) in [5.74, 6) is 2.55. The molecule has 4 rings (SSSR count). The summed E-state index contributed by atoms with van der Waals surface area (Å²) >= 11 is 2.35. The molecule has 1 saturated carbocycles. The molecule has 2 aromatic rings. The summed E-state index contributed by atoms with van der Waals surface area (Å²) < 4.78 is 15.5. The van der Waals surface area contributed by atoms with Crippen molar-refractivity contribution in [3.05, 3.63) is 27.6 Å². The van der Waals surface area contributed by atoms with Gasteiger partial charge in [0.05, 0.1) is 15.5 Å². The number of halogens is 1. The quantitative estimate of drug-likeness (QED) is 0.110. The summed E-state index contributed by atoms with van der Waals surface area (Å²) in [6.07, 6.45) is 9.58. The number of anilines is 1. The highest BCUT2D eigenvalue weighted by atomic mass is 127. The number of hydrogen-bond acceptors (Lipinski definition) is 5. The van der Waals surface area contributed by atoms with Crippen LogP contribution in [0.2, 0.25) is 51.4 Å². The minimum atomic E-state index is -1.15. The summed E-state index contributed by atoms with van der Waals surface area (Å²) in [5.41, 5.74) is 3.42. The van der Waals surface area contributed by atoms with Crippen LogP contribution in [0.25, 0.3) is 11.2 Å². The first-order valence-corrected chi connectivity index (χ1v) is 21.6. The molecule has 0 spiro atoms. The fourth-order valence-corrected chi connectivity index (χ4v) is 6.88. The second-order valence-electron chi connectivity index (χ2n) is 12.8. The Morgan fingerprint density at radius 3 is 2.29 bits per heavy atom. The number of aromatic nitrogens is 3. The molecule has 2 heterocycles. The van der Waals surface area contributed by atoms with Crippen molar-refractivity contribution in [2.24, 2.45) is 11.8 Å². The Bertz CT molecular complexity index is 1020. The summed E-state index contributed by atoms with van der Waals surface area (Å²) in [5, 5.41) is 4.69. The molecule has 0 radical (unpaired) electrons. The van der Waals surface area contributed by atoms with Crippen molar-refractivity contribution < 1.29 is 9.47 Å². The Hall–Kier alpha value is -0.756. The lowest BCUT2D eigenvalue weighted by molar-refractivity contribution is 0.0942. The van der Waals surface area contributed by atoms with Gasteiger partial charge >= 0.3 is 0 Å². The molecule has 35 heavy (non-hydrogen) atoms. The third-order valence-corrected chi connectivity index (χ3v) is 11.2. The second-order valence-corrected chi connectivity index (χ2v) is 25.2. The van der Waals surface area contributed by atoms with Crippen LogP contribution in [0.4, 0.5) is 5.82 Å². The van der Waals surface area contributed by atoms with E-state index in [2.05, 4.69) is 78.9 Å². The number of fused-ring (bicyclic) bond motifs is 3. The minimum absolute atomic E-state index is 0.497. The van der Waals surface area contributed by atoms with Gasteiger partial charge in [-0.2, -0.15) is 9.61 Å². The predicted octanol–water partition coefficient (Wildman–Crippen LogP) is 6.97. The first-order valence-electron chi connectivity index (χ1n) is 13.1. The van der Waals surface area contributed by atoms with Crippen molar-refractivity contribution in [2.45, 2.75) is 77.1 Å². The van der Waals surface area contributed by atoms with Gasteiger partial charge in [-0.3, -0.25) is 0 Å². The number of rotatable bonds is 12. The fourth-order valence-electron chi connectivity index (χ4n) is 4.89. The van der Waals surface area contributed by atoms with E-state index in [4.69, 9.17) is 19.6 Å². The Balaban J connectivity index is 1.60. The monoisotopic (exact) mass is 626 g/mol. The van der Waals surface area contributed by atoms with Gasteiger partial charge in [-0.05, 0) is 77.8 Å². The maximum Gasteiger partial charge on any atom is 0.171 e. The molecule has 2 atom stereocenters. The number of allylic oxidation sites excluding steroid dienone is 2. The maximum absolute atomic E-state index is 6.22. The van der Waals surface area contributed by atoms with Crippen LogP contribution >= 0.6 is 22.6 Å². The molecule has 9 heteroatoms. The third kappa shape index (κ3) is 7.62. The smallest absolute Gasteiger partial charge is 0.171 e. The Morgan fingerprint density at radius 2 is 1.69 bits per heavy atom. The zero-order valence-electron chi connectivity index (χ0n) is 22.4. The van der Waals surface area contributed by atoms with E-state index >= 15 is 0 Å². The van der Waals surface area contributed by atoms with Gasteiger partial charge in [-0.1, -0.05) is 45.4 Å². The van der Waals surface area contributed by atoms with Crippen molar-refractivity contribution in [1.82, 2.24) is 14.6 Å². The van der Waals surface area contributed by atoms with Crippen molar-refractivity contribution in [1.29, 1.82) is 0 Å². The lowest BCUT2D eigenvalue weighted by atomic mass is 9.88. The van der Waals surface area contributed by atoms with Crippen LogP contribution < -0.4 is 4.90 Å². The molecule has 6 nitrogen and oxygen atoms in total. The number of hydrogen-bond donors (Lipinski definition) is 0. The normalized spacial score (nSPS) is 20.5. The standard InChI is InChI=1S/C26H43IN4O2Si2/c1-34(2,3)11-9-32-18-30(19-33-10-12-35(4,5)6)25-16-24(29-26-23(27)17-28-31(25)26)22-14-20-7-8-21(13-20)15-22/h14,16-17,20-21H,7-13,15,18-19H2,1-6H3/t20-,21+/m1/s1. The first kappa shape index (κ1) is 27.3. The van der Waals surface area contributed by atoms with Crippen molar-refractivity contribution >= 4 is 55.8 Å². The average molecular weight is 627 g/mol. The largest absolute Gasteiger partial charge is 0.361 e. The van der Waals surface area contributed by atoms with E-state index in [1.165, 1.54) is 24.8 Å². The van der Waals surface area contributed by atoms with E-state index < -0.39 is 16.1 Å². The highest BCUT2D eigenvalue weighted by Crippen LogP contribution is 2.44. The van der Waals surface area contributed by atoms with Crippen LogP contribution in [-0.4, -0.2) is 57.4 Å². The summed E-state index contributed by atoms with van der Waals surface area (Å²) in [4.78, 5) is 7.29. The molecule has 2 aliphatic carbocycles. The van der Waals surface area contributed by atoms with Crippen LogP contribution in [0.1, 0.15) is 31.4 Å². The molecule has 2 aliphatic rings. The van der Waals surface area contributed by atoms with Crippen molar-refractivity contribution in [3.63, 3.8) is 0 Å². The van der Waals surface area contributed by atoms with E-state index in [9.17, 15) is 0 Å². The van der Waals surface area contributed by atoms with Crippen LogP contribution in [0.5, 0.6) is 0 Å². The Kier molecular flexibility index (Phi) is 8.83. The predicted molar refractivity (Wildman–Crippen MR) is 160 cm³/mol. The van der Waals surface area contributed by atoms with Crippen LogP contribution in [-0.2, 0) is 9.47 Å². The molecule has 0 aliphatic heterocycles. The van der Waals surface area contributed by atoms with Crippen molar-refractivity contribution in [2.75, 3.05) is 31.6 Å². The molecular formula is C26H43IN4O2Si2. The van der Waals surface area contributed by atoms with Crippen LogP contribution in [0.3, 0.4) is 0 Å². The third-order valence-electron chi connectivity index (χ3n) is 7.08. The Morgan fingerprint density at radius 1 is 1.03 bits per heavy atom. The van der Waals surface area contributed by atoms with Gasteiger partial charge in [0.1, 0.15) is 19.3 Å². The lowest BCUT2D eigenvalue weighted by Gasteiger charge is -2.27. The van der Waals surface area contributed by atoms with E-state index in [1.807, 2.05) is 10.7 Å². The second kappa shape index (κ2) is 11.3. The van der Waals surface area contributed by atoms with E-state index in [0.29, 0.717) is 13.5 Å². The maximum atomic E-state index is 6.22. The topological polar surface area (TPSA) is 51.9 Å². The molecule has 0 unspecified atom stereocenters. The van der Waals surface area contributed by atoms with Gasteiger partial charge in [0.2, 0.25) is 0 Å². The van der Waals surface area contributed by atoms with Crippen LogP contribution in [0.15, 0.2) is 18.3 Å². The average Bonchev–Trinajstić information content (AvgIpc) is 3.31. The molecule has 194 valence electrons. The van der Waals surface area contributed by atoms with Gasteiger partial charge < -0.3 is 14.4 Å². The molecule has 0 saturated heterocycles. The first-order chi connectivity index (χ1) is 16.5. The summed E-state index contributed by atoms with van der Waals surface area (Å²) in [7, 11) is -2.29. The molecule has 1 fully saturated rings. The Labute approximate surface area is 227 Å². The van der Waals surface area contributed by atoms with Crippen molar-refractivity contribution in [3.8, 4) is 0 Å². The van der Waals surface area contributed by atoms with Gasteiger partial charge in [0, 0.05) is 35.4 Å². The zero-order valence-corrected chi connectivity index (χ0v) is 26.6. The van der Waals surface area contributed by atoms with Gasteiger partial charge in [0.25, 0.3) is 0 Å². The molecule has 0 N–H and O–H groups in total. The number of ether oxygens (including phenoxy) is 2. The fraction of sp³-hybridized carbons (Fsp3) is 0.692. The summed E-state index contributed by atoms with van der Waals surface area (Å²) in [6, 6.07) is 4.53. The number of nitrogens with zero attached hydrogens (tertiary/aromatic N) is 4. The molecule has 2 bridgehead atoms. The summed E-state index contributed by atoms with van der Waals surface area (Å²) in [6.45, 7) is 16.9. The molecule has 2 aromatic heterocycles. The van der Waals surface area contributed by atoms with Gasteiger partial charge in [-0.15, -0.1) is 0 Å². The van der Waals surface area contributed by atoms with Gasteiger partial charge in [0.15, 0.2) is 5.65 Å². The molecular weight excluding hydrogens is 583 g/mol. The van der Waals surface area contributed by atoms with Gasteiger partial charge in [-0.25, -0.2) is 4.98 Å². The van der Waals surface area contributed by atoms with E-state index in [0.717, 1.165) is 64.3 Å². The van der Waals surface area contributed by atoms with E-state index in [-0.39, 0.29) is 0 Å². The molecule has 0 amide bonds. The van der Waals surface area contributed by atoms with Crippen LogP contribution in [0, 0.1) is 15.4 Å². The lowest BCUT2D eigenvalue weighted by Crippen LogP contribution is -2.33. The molecule has 0 aromatic carbocycles. The minimum Gasteiger partial charge on any atom is -0.361 e. The zero-order chi connectivity index (χ0) is 25.2.